The Balaban J connectivity index is 1.58. The molecule has 0 bridgehead atoms. The second-order valence-electron chi connectivity index (χ2n) is 7.48. The third-order valence-electron chi connectivity index (χ3n) is 5.61. The van der Waals surface area contributed by atoms with Crippen LogP contribution in [0.15, 0.2) is 115 Å². The van der Waals surface area contributed by atoms with E-state index in [0.29, 0.717) is 0 Å². The van der Waals surface area contributed by atoms with Crippen molar-refractivity contribution in [3.05, 3.63) is 115 Å². The number of hydrogen-bond donors (Lipinski definition) is 0. The molecule has 0 saturated heterocycles. The first-order valence-corrected chi connectivity index (χ1v) is 10.9. The molecule has 0 aliphatic heterocycles. The predicted octanol–water partition coefficient (Wildman–Crippen LogP) is 8.68. The molecule has 0 aliphatic carbocycles. The van der Waals surface area contributed by atoms with Crippen molar-refractivity contribution in [2.24, 2.45) is 0 Å². The number of benzene rings is 5. The van der Waals surface area contributed by atoms with Gasteiger partial charge < -0.3 is 4.90 Å². The van der Waals surface area contributed by atoms with E-state index in [1.807, 2.05) is 11.3 Å². The van der Waals surface area contributed by atoms with Gasteiger partial charge in [0.05, 0.1) is 0 Å². The van der Waals surface area contributed by atoms with Crippen LogP contribution in [0, 0.1) is 0 Å². The zero-order chi connectivity index (χ0) is 19.9. The molecule has 2 heteroatoms. The summed E-state index contributed by atoms with van der Waals surface area (Å²) in [5, 5.41) is 5.22. The Kier molecular flexibility index (Phi) is 4.03. The normalized spacial score (nSPS) is 11.3. The number of nitrogens with zero attached hydrogens (tertiary/aromatic N) is 1. The Hall–Kier alpha value is -3.62. The van der Waals surface area contributed by atoms with E-state index in [9.17, 15) is 0 Å². The van der Waals surface area contributed by atoms with Crippen molar-refractivity contribution >= 4 is 59.3 Å². The van der Waals surface area contributed by atoms with Crippen molar-refractivity contribution in [2.45, 2.75) is 0 Å². The maximum atomic E-state index is 2.35. The largest absolute Gasteiger partial charge is 0.310 e. The second-order valence-corrected chi connectivity index (χ2v) is 8.57. The molecule has 0 saturated carbocycles. The van der Waals surface area contributed by atoms with E-state index in [1.54, 1.807) is 0 Å². The summed E-state index contributed by atoms with van der Waals surface area (Å²) in [6.07, 6.45) is 0. The summed E-state index contributed by atoms with van der Waals surface area (Å²) in [6, 6.07) is 41.3. The molecule has 0 fully saturated rings. The van der Waals surface area contributed by atoms with Gasteiger partial charge in [0.25, 0.3) is 0 Å². The van der Waals surface area contributed by atoms with E-state index in [-0.39, 0.29) is 0 Å². The SMILES string of the molecule is c1ccc(N(c2ccccc2)c2ccc3cc4sc5ccccc5c4cc3c2)cc1. The molecule has 0 atom stereocenters. The zero-order valence-electron chi connectivity index (χ0n) is 16.3. The molecule has 0 amide bonds. The Morgan fingerprint density at radius 2 is 1.10 bits per heavy atom. The van der Waals surface area contributed by atoms with E-state index in [0.717, 1.165) is 11.4 Å². The van der Waals surface area contributed by atoms with E-state index < -0.39 is 0 Å². The monoisotopic (exact) mass is 401 g/mol. The molecule has 0 N–H and O–H groups in total. The summed E-state index contributed by atoms with van der Waals surface area (Å²) in [6.45, 7) is 0. The number of fused-ring (bicyclic) bond motifs is 4. The molecule has 0 spiro atoms. The van der Waals surface area contributed by atoms with Gasteiger partial charge in [-0.15, -0.1) is 11.3 Å². The van der Waals surface area contributed by atoms with E-state index >= 15 is 0 Å². The van der Waals surface area contributed by atoms with E-state index in [2.05, 4.69) is 120 Å². The highest BCUT2D eigenvalue weighted by Gasteiger charge is 2.13. The molecule has 0 unspecified atom stereocenters. The minimum absolute atomic E-state index is 1.16. The standard InChI is InChI=1S/C28H19NS/c1-3-9-22(10-4-1)29(23-11-5-2-6-12-23)24-16-15-20-19-28-26(18-21(20)17-24)25-13-7-8-14-27(25)30-28/h1-19H. The predicted molar refractivity (Wildman–Crippen MR) is 132 cm³/mol. The van der Waals surface area contributed by atoms with Crippen molar-refractivity contribution < 1.29 is 0 Å². The number of thiophene rings is 1. The Labute approximate surface area is 179 Å². The average Bonchev–Trinajstić information content (AvgIpc) is 3.16. The fourth-order valence-electron chi connectivity index (χ4n) is 4.20. The van der Waals surface area contributed by atoms with Crippen LogP contribution in [0.5, 0.6) is 0 Å². The topological polar surface area (TPSA) is 3.24 Å². The van der Waals surface area contributed by atoms with Crippen molar-refractivity contribution in [2.75, 3.05) is 4.90 Å². The van der Waals surface area contributed by atoms with Crippen LogP contribution in [0.4, 0.5) is 17.1 Å². The molecule has 30 heavy (non-hydrogen) atoms. The highest BCUT2D eigenvalue weighted by molar-refractivity contribution is 7.25. The second kappa shape index (κ2) is 7.01. The molecule has 6 aromatic rings. The molecule has 1 heterocycles. The van der Waals surface area contributed by atoms with Crippen LogP contribution in [0.3, 0.4) is 0 Å². The number of anilines is 3. The lowest BCUT2D eigenvalue weighted by molar-refractivity contribution is 1.29. The summed E-state index contributed by atoms with van der Waals surface area (Å²) in [7, 11) is 0. The summed E-state index contributed by atoms with van der Waals surface area (Å²) >= 11 is 1.87. The highest BCUT2D eigenvalue weighted by atomic mass is 32.1. The molecule has 5 aromatic carbocycles. The van der Waals surface area contributed by atoms with Crippen LogP contribution in [-0.4, -0.2) is 0 Å². The third-order valence-corrected chi connectivity index (χ3v) is 6.74. The molecule has 0 radical (unpaired) electrons. The summed E-state index contributed by atoms with van der Waals surface area (Å²) in [4.78, 5) is 2.31. The molecule has 1 aromatic heterocycles. The quantitative estimate of drug-likeness (QED) is 0.287. The lowest BCUT2D eigenvalue weighted by atomic mass is 10.0. The van der Waals surface area contributed by atoms with Crippen LogP contribution in [0.1, 0.15) is 0 Å². The average molecular weight is 402 g/mol. The van der Waals surface area contributed by atoms with Gasteiger partial charge in [0.15, 0.2) is 0 Å². The molecular formula is C28H19NS. The van der Waals surface area contributed by atoms with Crippen LogP contribution in [0.2, 0.25) is 0 Å². The van der Waals surface area contributed by atoms with Crippen molar-refractivity contribution in [1.29, 1.82) is 0 Å². The van der Waals surface area contributed by atoms with E-state index in [4.69, 9.17) is 0 Å². The summed E-state index contributed by atoms with van der Waals surface area (Å²) in [5.74, 6) is 0. The molecule has 0 aliphatic rings. The highest BCUT2D eigenvalue weighted by Crippen LogP contribution is 2.39. The Morgan fingerprint density at radius 3 is 1.83 bits per heavy atom. The molecule has 6 rings (SSSR count). The third kappa shape index (κ3) is 2.85. The lowest BCUT2D eigenvalue weighted by Crippen LogP contribution is -2.09. The van der Waals surface area contributed by atoms with Gasteiger partial charge in [-0.3, -0.25) is 0 Å². The number of hydrogen-bond acceptors (Lipinski definition) is 2. The Bertz CT molecular complexity index is 1440. The lowest BCUT2D eigenvalue weighted by Gasteiger charge is -2.25. The van der Waals surface area contributed by atoms with Gasteiger partial charge in [0.1, 0.15) is 0 Å². The molecular weight excluding hydrogens is 382 g/mol. The first-order chi connectivity index (χ1) is 14.9. The van der Waals surface area contributed by atoms with Gasteiger partial charge >= 0.3 is 0 Å². The van der Waals surface area contributed by atoms with Crippen molar-refractivity contribution in [3.8, 4) is 0 Å². The maximum Gasteiger partial charge on any atom is 0.0468 e. The molecule has 142 valence electrons. The minimum Gasteiger partial charge on any atom is -0.310 e. The summed E-state index contributed by atoms with van der Waals surface area (Å²) < 4.78 is 2.69. The zero-order valence-corrected chi connectivity index (χ0v) is 17.1. The fourth-order valence-corrected chi connectivity index (χ4v) is 5.33. The minimum atomic E-state index is 1.16. The van der Waals surface area contributed by atoms with E-state index in [1.165, 1.54) is 36.6 Å². The Morgan fingerprint density at radius 1 is 0.433 bits per heavy atom. The first kappa shape index (κ1) is 17.3. The van der Waals surface area contributed by atoms with Crippen molar-refractivity contribution in [3.63, 3.8) is 0 Å². The van der Waals surface area contributed by atoms with Gasteiger partial charge in [-0.05, 0) is 65.4 Å². The van der Waals surface area contributed by atoms with Crippen molar-refractivity contribution in [1.82, 2.24) is 0 Å². The van der Waals surface area contributed by atoms with Crippen LogP contribution < -0.4 is 4.90 Å². The van der Waals surface area contributed by atoms with Gasteiger partial charge in [-0.25, -0.2) is 0 Å². The van der Waals surface area contributed by atoms with Crippen LogP contribution in [0.25, 0.3) is 30.9 Å². The van der Waals surface area contributed by atoms with Gasteiger partial charge in [0.2, 0.25) is 0 Å². The molecule has 1 nitrogen and oxygen atoms in total. The smallest absolute Gasteiger partial charge is 0.0468 e. The van der Waals surface area contributed by atoms with Gasteiger partial charge in [0, 0.05) is 37.2 Å². The van der Waals surface area contributed by atoms with Gasteiger partial charge in [-0.2, -0.15) is 0 Å². The fraction of sp³-hybridized carbons (Fsp3) is 0. The number of rotatable bonds is 3. The number of para-hydroxylation sites is 2. The first-order valence-electron chi connectivity index (χ1n) is 10.1. The van der Waals surface area contributed by atoms with Gasteiger partial charge in [-0.1, -0.05) is 60.7 Å². The van der Waals surface area contributed by atoms with Crippen LogP contribution in [-0.2, 0) is 0 Å². The van der Waals surface area contributed by atoms with Crippen LogP contribution >= 0.6 is 11.3 Å². The maximum absolute atomic E-state index is 2.35. The summed E-state index contributed by atoms with van der Waals surface area (Å²) in [5.41, 5.74) is 3.48.